The first-order valence-electron chi connectivity index (χ1n) is 5.03. The number of carbonyl (C=O) groups is 1. The molecule has 0 unspecified atom stereocenters. The summed E-state index contributed by atoms with van der Waals surface area (Å²) < 4.78 is 13.8. The molecule has 2 N–H and O–H groups in total. The van der Waals surface area contributed by atoms with Crippen LogP contribution >= 0.6 is 45.8 Å². The summed E-state index contributed by atoms with van der Waals surface area (Å²) in [5.41, 5.74) is 0.513. The van der Waals surface area contributed by atoms with E-state index in [4.69, 9.17) is 23.2 Å². The number of nitrogens with one attached hydrogen (secondary N) is 1. The maximum atomic E-state index is 12.8. The second kappa shape index (κ2) is 7.47. The van der Waals surface area contributed by atoms with Gasteiger partial charge in [0, 0.05) is 3.57 Å². The third-order valence-electron chi connectivity index (χ3n) is 2.28. The molecule has 0 aromatic heterocycles. The van der Waals surface area contributed by atoms with Crippen LogP contribution in [0.25, 0.3) is 0 Å². The van der Waals surface area contributed by atoms with Gasteiger partial charge >= 0.3 is 0 Å². The fraction of sp³-hybridized carbons (Fsp3) is 0.364. The Kier molecular flexibility index (Phi) is 6.62. The highest BCUT2D eigenvalue weighted by Gasteiger charge is 2.24. The van der Waals surface area contributed by atoms with Gasteiger partial charge < -0.3 is 10.4 Å². The van der Waals surface area contributed by atoms with E-state index < -0.39 is 29.6 Å². The second-order valence-corrected chi connectivity index (χ2v) is 5.91. The van der Waals surface area contributed by atoms with E-state index in [1.807, 2.05) is 0 Å². The van der Waals surface area contributed by atoms with E-state index in [-0.39, 0.29) is 0 Å². The molecule has 1 aromatic rings. The molecule has 0 aliphatic heterocycles. The summed E-state index contributed by atoms with van der Waals surface area (Å²) in [5, 5.41) is 12.2. The Bertz CT molecular complexity index is 403. The largest absolute Gasteiger partial charge is 0.386 e. The molecule has 0 heterocycles. The molecule has 18 heavy (non-hydrogen) atoms. The average molecular weight is 406 g/mol. The lowest BCUT2D eigenvalue weighted by Crippen LogP contribution is -2.43. The summed E-state index contributed by atoms with van der Waals surface area (Å²) in [5.74, 6) is -0.731. The van der Waals surface area contributed by atoms with Gasteiger partial charge in [0.25, 0.3) is 5.91 Å². The van der Waals surface area contributed by atoms with Crippen molar-refractivity contribution in [3.05, 3.63) is 33.4 Å². The molecule has 7 heteroatoms. The molecule has 1 aromatic carbocycles. The number of aliphatic hydroxyl groups excluding tert-OH is 1. The lowest BCUT2D eigenvalue weighted by Gasteiger charge is -2.22. The van der Waals surface area contributed by atoms with Crippen molar-refractivity contribution >= 4 is 51.7 Å². The lowest BCUT2D eigenvalue weighted by molar-refractivity contribution is -0.121. The molecule has 100 valence electrons. The van der Waals surface area contributed by atoms with E-state index in [1.54, 1.807) is 24.3 Å². The Labute approximate surface area is 128 Å². The maximum Gasteiger partial charge on any atom is 0.253 e. The number of amides is 1. The summed E-state index contributed by atoms with van der Waals surface area (Å²) >= 11 is 12.8. The Hall–Kier alpha value is -0.110. The van der Waals surface area contributed by atoms with E-state index in [0.717, 1.165) is 3.57 Å². The van der Waals surface area contributed by atoms with Gasteiger partial charge in [0.2, 0.25) is 0 Å². The number of halogens is 4. The Morgan fingerprint density at radius 1 is 1.39 bits per heavy atom. The molecular weight excluding hydrogens is 395 g/mol. The average Bonchev–Trinajstić information content (AvgIpc) is 2.35. The zero-order chi connectivity index (χ0) is 13.7. The van der Waals surface area contributed by atoms with Gasteiger partial charge in [-0.25, -0.2) is 4.39 Å². The molecule has 2 atom stereocenters. The van der Waals surface area contributed by atoms with E-state index in [2.05, 4.69) is 27.9 Å². The van der Waals surface area contributed by atoms with E-state index in [1.165, 1.54) is 0 Å². The normalized spacial score (nSPS) is 14.3. The van der Waals surface area contributed by atoms with Crippen molar-refractivity contribution in [3.8, 4) is 0 Å². The molecule has 1 rings (SSSR count). The molecular formula is C11H11Cl2FINO2. The second-order valence-electron chi connectivity index (χ2n) is 3.57. The quantitative estimate of drug-likeness (QED) is 0.584. The number of carbonyl (C=O) groups excluding carboxylic acids is 1. The molecule has 0 saturated carbocycles. The maximum absolute atomic E-state index is 12.8. The van der Waals surface area contributed by atoms with Crippen molar-refractivity contribution in [1.29, 1.82) is 0 Å². The van der Waals surface area contributed by atoms with Crippen LogP contribution < -0.4 is 5.32 Å². The topological polar surface area (TPSA) is 49.3 Å². The van der Waals surface area contributed by atoms with Gasteiger partial charge in [-0.15, -0.1) is 0 Å². The van der Waals surface area contributed by atoms with Crippen molar-refractivity contribution in [2.45, 2.75) is 17.0 Å². The predicted octanol–water partition coefficient (Wildman–Crippen LogP) is 2.58. The van der Waals surface area contributed by atoms with Crippen molar-refractivity contribution in [2.24, 2.45) is 0 Å². The van der Waals surface area contributed by atoms with Crippen LogP contribution in [0.1, 0.15) is 11.7 Å². The molecule has 0 bridgehead atoms. The molecule has 3 nitrogen and oxygen atoms in total. The zero-order valence-electron chi connectivity index (χ0n) is 9.12. The highest BCUT2D eigenvalue weighted by atomic mass is 127. The zero-order valence-corrected chi connectivity index (χ0v) is 12.8. The standard InChI is InChI=1S/C11H11Cl2FINO2/c12-10(13)11(18)16-8(5-14)9(17)6-1-3-7(15)4-2-6/h1-4,8-10,17H,5H2,(H,16,18)/t8-,9-/m1/s1. The number of hydrogen-bond acceptors (Lipinski definition) is 2. The molecule has 1 amide bonds. The van der Waals surface area contributed by atoms with Crippen LogP contribution in [0.5, 0.6) is 0 Å². The number of benzene rings is 1. The predicted molar refractivity (Wildman–Crippen MR) is 77.5 cm³/mol. The number of hydrogen-bond donors (Lipinski definition) is 2. The van der Waals surface area contributed by atoms with Crippen molar-refractivity contribution in [2.75, 3.05) is 6.67 Å². The van der Waals surface area contributed by atoms with Crippen molar-refractivity contribution < 1.29 is 14.3 Å². The minimum Gasteiger partial charge on any atom is -0.386 e. The molecule has 0 aliphatic rings. The summed E-state index contributed by atoms with van der Waals surface area (Å²) in [7, 11) is 0. The fourth-order valence-corrected chi connectivity index (χ4v) is 1.83. The Morgan fingerprint density at radius 2 is 1.94 bits per heavy atom. The van der Waals surface area contributed by atoms with E-state index in [9.17, 15) is 14.3 Å². The van der Waals surface area contributed by atoms with Gasteiger partial charge in [-0.05, 0) is 40.3 Å². The summed E-state index contributed by atoms with van der Waals surface area (Å²) in [6.07, 6.45) is -1.15. The monoisotopic (exact) mass is 405 g/mol. The highest BCUT2D eigenvalue weighted by molar-refractivity contribution is 14.1. The molecule has 0 fully saturated rings. The van der Waals surface area contributed by atoms with Crippen LogP contribution in [0, 0.1) is 3.57 Å². The van der Waals surface area contributed by atoms with E-state index >= 15 is 0 Å². The minimum absolute atomic E-state index is 0.513. The van der Waals surface area contributed by atoms with Crippen LogP contribution in [-0.4, -0.2) is 28.6 Å². The molecule has 0 aliphatic carbocycles. The highest BCUT2D eigenvalue weighted by Crippen LogP contribution is 2.19. The van der Waals surface area contributed by atoms with Gasteiger partial charge in [0.05, 0.1) is 6.04 Å². The summed E-state index contributed by atoms with van der Waals surface area (Å²) in [6, 6.07) is 5.82. The minimum atomic E-state index is -1.29. The van der Waals surface area contributed by atoms with Gasteiger partial charge in [-0.3, -0.25) is 4.79 Å². The van der Waals surface area contributed by atoms with Crippen LogP contribution in [0.15, 0.2) is 24.3 Å². The van der Waals surface area contributed by atoms with Crippen LogP contribution in [0.4, 0.5) is 4.39 Å². The smallest absolute Gasteiger partial charge is 0.253 e. The molecule has 0 spiro atoms. The third kappa shape index (κ3) is 4.53. The van der Waals surface area contributed by atoms with E-state index in [0.29, 0.717) is 5.56 Å². The summed E-state index contributed by atoms with van der Waals surface area (Å²) in [4.78, 5) is 9.96. The molecule has 0 saturated heterocycles. The van der Waals surface area contributed by atoms with Gasteiger partial charge in [0.15, 0.2) is 4.84 Å². The molecule has 0 radical (unpaired) electrons. The first-order valence-corrected chi connectivity index (χ1v) is 6.99. The number of aliphatic hydroxyl groups is 1. The third-order valence-corrected chi connectivity index (χ3v) is 3.40. The summed E-state index contributed by atoms with van der Waals surface area (Å²) in [6.45, 7) is -0.917. The first-order chi connectivity index (χ1) is 8.45. The number of alkyl halides is 3. The van der Waals surface area contributed by atoms with Crippen LogP contribution in [0.2, 0.25) is 0 Å². The van der Waals surface area contributed by atoms with Crippen LogP contribution in [-0.2, 0) is 4.79 Å². The van der Waals surface area contributed by atoms with Crippen molar-refractivity contribution in [3.63, 3.8) is 0 Å². The van der Waals surface area contributed by atoms with Gasteiger partial charge in [-0.2, -0.15) is 0 Å². The SMILES string of the molecule is O=C(N[C@H](CF)[C@H](O)c1ccc(I)cc1)C(Cl)Cl. The fourth-order valence-electron chi connectivity index (χ4n) is 1.34. The Balaban J connectivity index is 2.75. The Morgan fingerprint density at radius 3 is 2.39 bits per heavy atom. The van der Waals surface area contributed by atoms with Gasteiger partial charge in [-0.1, -0.05) is 35.3 Å². The van der Waals surface area contributed by atoms with Crippen LogP contribution in [0.3, 0.4) is 0 Å². The number of rotatable bonds is 5. The lowest BCUT2D eigenvalue weighted by atomic mass is 10.0. The van der Waals surface area contributed by atoms with Gasteiger partial charge in [0.1, 0.15) is 12.8 Å². The van der Waals surface area contributed by atoms with Crippen molar-refractivity contribution in [1.82, 2.24) is 5.32 Å². The first kappa shape index (κ1) is 15.9.